The Balaban J connectivity index is 1.61. The third-order valence-electron chi connectivity index (χ3n) is 6.50. The first kappa shape index (κ1) is 19.4. The monoisotopic (exact) mass is 405 g/mol. The SMILES string of the molecule is CC1(C)OC2(CC(Nc3c(F)c(F)c(F)c(F)c3F)C(=O)O2)CC12CCCC2. The molecule has 9 heteroatoms. The minimum atomic E-state index is -2.25. The van der Waals surface area contributed by atoms with E-state index in [-0.39, 0.29) is 11.8 Å². The summed E-state index contributed by atoms with van der Waals surface area (Å²) in [6, 6.07) is -1.29. The predicted octanol–water partition coefficient (Wildman–Crippen LogP) is 4.57. The maximum Gasteiger partial charge on any atom is 0.331 e. The molecular formula is C19H20F5NO3. The van der Waals surface area contributed by atoms with Gasteiger partial charge >= 0.3 is 5.97 Å². The van der Waals surface area contributed by atoms with Gasteiger partial charge in [0.2, 0.25) is 11.6 Å². The molecule has 2 heterocycles. The second-order valence-corrected chi connectivity index (χ2v) is 8.45. The van der Waals surface area contributed by atoms with Gasteiger partial charge in [-0.05, 0) is 26.7 Å². The van der Waals surface area contributed by atoms with Crippen molar-refractivity contribution >= 4 is 11.7 Å². The van der Waals surface area contributed by atoms with Gasteiger partial charge in [-0.25, -0.2) is 26.7 Å². The number of ether oxygens (including phenoxy) is 2. The molecule has 2 spiro atoms. The van der Waals surface area contributed by atoms with Gasteiger partial charge in [-0.2, -0.15) is 0 Å². The van der Waals surface area contributed by atoms with Crippen molar-refractivity contribution in [1.29, 1.82) is 0 Å². The predicted molar refractivity (Wildman–Crippen MR) is 87.8 cm³/mol. The minimum absolute atomic E-state index is 0.0868. The molecule has 154 valence electrons. The van der Waals surface area contributed by atoms with Crippen molar-refractivity contribution < 1.29 is 36.2 Å². The van der Waals surface area contributed by atoms with Crippen LogP contribution in [0.5, 0.6) is 0 Å². The molecular weight excluding hydrogens is 385 g/mol. The van der Waals surface area contributed by atoms with E-state index in [0.717, 1.165) is 25.7 Å². The minimum Gasteiger partial charge on any atom is -0.431 e. The Morgan fingerprint density at radius 1 is 0.929 bits per heavy atom. The molecule has 0 aromatic heterocycles. The average molecular weight is 405 g/mol. The van der Waals surface area contributed by atoms with Crippen molar-refractivity contribution in [1.82, 2.24) is 0 Å². The fourth-order valence-corrected chi connectivity index (χ4v) is 5.05. The van der Waals surface area contributed by atoms with Crippen LogP contribution >= 0.6 is 0 Å². The van der Waals surface area contributed by atoms with Crippen LogP contribution in [0.4, 0.5) is 27.6 Å². The van der Waals surface area contributed by atoms with Crippen molar-refractivity contribution in [3.63, 3.8) is 0 Å². The third-order valence-corrected chi connectivity index (χ3v) is 6.50. The van der Waals surface area contributed by atoms with E-state index in [1.54, 1.807) is 0 Å². The number of carbonyl (C=O) groups excluding carboxylic acids is 1. The van der Waals surface area contributed by atoms with Gasteiger partial charge in [0.1, 0.15) is 11.7 Å². The number of carbonyl (C=O) groups is 1. The van der Waals surface area contributed by atoms with Crippen LogP contribution in [0.15, 0.2) is 0 Å². The van der Waals surface area contributed by atoms with Gasteiger partial charge < -0.3 is 14.8 Å². The van der Waals surface area contributed by atoms with Crippen molar-refractivity contribution in [2.24, 2.45) is 5.41 Å². The standard InChI is InChI=1S/C19H20F5NO3/c1-17(2)18(5-3-4-6-18)8-19(28-17)7-9(16(26)27-19)25-15-13(23)11(21)10(20)12(22)14(15)24/h9,25H,3-8H2,1-2H3. The van der Waals surface area contributed by atoms with Gasteiger partial charge in [0.05, 0.1) is 5.60 Å². The third kappa shape index (κ3) is 2.62. The smallest absolute Gasteiger partial charge is 0.331 e. The summed E-state index contributed by atoms with van der Waals surface area (Å²) in [4.78, 5) is 12.3. The zero-order valence-electron chi connectivity index (χ0n) is 15.4. The molecule has 1 aliphatic carbocycles. The number of hydrogen-bond acceptors (Lipinski definition) is 4. The number of halogens is 5. The molecule has 1 saturated carbocycles. The maximum absolute atomic E-state index is 13.9. The van der Waals surface area contributed by atoms with Crippen LogP contribution in [0.25, 0.3) is 0 Å². The topological polar surface area (TPSA) is 47.6 Å². The van der Waals surface area contributed by atoms with Gasteiger partial charge in [0.15, 0.2) is 23.3 Å². The molecule has 2 aliphatic heterocycles. The number of hydrogen-bond donors (Lipinski definition) is 1. The van der Waals surface area contributed by atoms with Crippen LogP contribution < -0.4 is 5.32 Å². The molecule has 4 nitrogen and oxygen atoms in total. The molecule has 1 aromatic rings. The molecule has 2 unspecified atom stereocenters. The van der Waals surface area contributed by atoms with Gasteiger partial charge in [-0.3, -0.25) is 0 Å². The van der Waals surface area contributed by atoms with E-state index in [4.69, 9.17) is 9.47 Å². The highest BCUT2D eigenvalue weighted by molar-refractivity contribution is 5.82. The summed E-state index contributed by atoms with van der Waals surface area (Å²) in [5, 5.41) is 2.14. The Kier molecular flexibility index (Phi) is 4.19. The average Bonchev–Trinajstić information content (AvgIpc) is 3.26. The van der Waals surface area contributed by atoms with Crippen molar-refractivity contribution in [3.8, 4) is 0 Å². The highest BCUT2D eigenvalue weighted by atomic mass is 19.2. The van der Waals surface area contributed by atoms with E-state index in [9.17, 15) is 26.7 Å². The Hall–Kier alpha value is -1.90. The largest absolute Gasteiger partial charge is 0.431 e. The van der Waals surface area contributed by atoms with Crippen molar-refractivity contribution in [2.75, 3.05) is 5.32 Å². The van der Waals surface area contributed by atoms with Crippen molar-refractivity contribution in [2.45, 2.75) is 69.8 Å². The van der Waals surface area contributed by atoms with Crippen LogP contribution in [-0.4, -0.2) is 23.4 Å². The van der Waals surface area contributed by atoms with Gasteiger partial charge in [-0.15, -0.1) is 0 Å². The molecule has 0 bridgehead atoms. The van der Waals surface area contributed by atoms with Crippen molar-refractivity contribution in [3.05, 3.63) is 29.1 Å². The highest BCUT2D eigenvalue weighted by Crippen LogP contribution is 2.62. The normalized spacial score (nSPS) is 30.4. The van der Waals surface area contributed by atoms with Crippen LogP contribution in [0.2, 0.25) is 0 Å². The van der Waals surface area contributed by atoms with Gasteiger partial charge in [-0.1, -0.05) is 12.8 Å². The first-order chi connectivity index (χ1) is 13.0. The lowest BCUT2D eigenvalue weighted by Gasteiger charge is -2.35. The fourth-order valence-electron chi connectivity index (χ4n) is 5.05. The van der Waals surface area contributed by atoms with Crippen LogP contribution in [0.3, 0.4) is 0 Å². The summed E-state index contributed by atoms with van der Waals surface area (Å²) in [5.74, 6) is -12.6. The highest BCUT2D eigenvalue weighted by Gasteiger charge is 2.65. The summed E-state index contributed by atoms with van der Waals surface area (Å²) < 4.78 is 79.5. The zero-order valence-corrected chi connectivity index (χ0v) is 15.4. The van der Waals surface area contributed by atoms with Crippen LogP contribution in [0.1, 0.15) is 52.4 Å². The number of anilines is 1. The fraction of sp³-hybridized carbons (Fsp3) is 0.632. The summed E-state index contributed by atoms with van der Waals surface area (Å²) in [5.41, 5.74) is -1.99. The lowest BCUT2D eigenvalue weighted by Crippen LogP contribution is -2.37. The molecule has 3 aliphatic rings. The Morgan fingerprint density at radius 3 is 2.04 bits per heavy atom. The maximum atomic E-state index is 13.9. The van der Waals surface area contributed by atoms with Crippen LogP contribution in [0, 0.1) is 34.5 Å². The van der Waals surface area contributed by atoms with E-state index in [1.807, 2.05) is 13.8 Å². The first-order valence-corrected chi connectivity index (χ1v) is 9.22. The second-order valence-electron chi connectivity index (χ2n) is 8.45. The molecule has 2 saturated heterocycles. The quantitative estimate of drug-likeness (QED) is 0.339. The number of benzene rings is 1. The lowest BCUT2D eigenvalue weighted by molar-refractivity contribution is -0.222. The summed E-state index contributed by atoms with van der Waals surface area (Å²) in [6.45, 7) is 3.84. The Labute approximate surface area is 158 Å². The van der Waals surface area contributed by atoms with E-state index < -0.39 is 58.2 Å². The van der Waals surface area contributed by atoms with E-state index in [1.165, 1.54) is 0 Å². The Morgan fingerprint density at radius 2 is 1.46 bits per heavy atom. The Bertz CT molecular complexity index is 823. The van der Waals surface area contributed by atoms with Crippen LogP contribution in [-0.2, 0) is 14.3 Å². The molecule has 0 radical (unpaired) electrons. The molecule has 3 fully saturated rings. The summed E-state index contributed by atoms with van der Waals surface area (Å²) in [6.07, 6.45) is 4.24. The lowest BCUT2D eigenvalue weighted by atomic mass is 9.70. The number of rotatable bonds is 2. The molecule has 4 rings (SSSR count). The van der Waals surface area contributed by atoms with E-state index >= 15 is 0 Å². The van der Waals surface area contributed by atoms with Gasteiger partial charge in [0, 0.05) is 18.3 Å². The van der Waals surface area contributed by atoms with E-state index in [0.29, 0.717) is 6.42 Å². The molecule has 1 N–H and O–H groups in total. The summed E-state index contributed by atoms with van der Waals surface area (Å²) in [7, 11) is 0. The number of esters is 1. The molecule has 1 aromatic carbocycles. The first-order valence-electron chi connectivity index (χ1n) is 9.22. The molecule has 28 heavy (non-hydrogen) atoms. The summed E-state index contributed by atoms with van der Waals surface area (Å²) >= 11 is 0. The molecule has 2 atom stereocenters. The zero-order chi connectivity index (χ0) is 20.5. The molecule has 0 amide bonds. The van der Waals surface area contributed by atoms with E-state index in [2.05, 4.69) is 5.32 Å². The number of nitrogens with one attached hydrogen (secondary N) is 1. The second kappa shape index (κ2) is 6.05. The van der Waals surface area contributed by atoms with Gasteiger partial charge in [0.25, 0.3) is 0 Å².